The van der Waals surface area contributed by atoms with Gasteiger partial charge in [-0.3, -0.25) is 0 Å². The third kappa shape index (κ3) is 4.69. The van der Waals surface area contributed by atoms with Crippen LogP contribution in [-0.2, 0) is 11.5 Å². The summed E-state index contributed by atoms with van der Waals surface area (Å²) in [7, 11) is 1.67. The smallest absolute Gasteiger partial charge is 0.226 e. The van der Waals surface area contributed by atoms with Crippen molar-refractivity contribution in [1.29, 1.82) is 0 Å². The minimum absolute atomic E-state index is 0.577. The molecule has 0 unspecified atom stereocenters. The molecular weight excluding hydrogens is 352 g/mol. The maximum absolute atomic E-state index is 5.33. The van der Waals surface area contributed by atoms with Crippen molar-refractivity contribution in [3.63, 3.8) is 0 Å². The van der Waals surface area contributed by atoms with E-state index in [2.05, 4.69) is 32.5 Å². The normalized spacial score (nSPS) is 10.9. The standard InChI is InChI=1S/C14H14N4O2S3/c1-9-15-16-12(20-9)8-22-14-18-17-13(23-14)21-7-10-3-5-11(19-2)6-4-10/h3-6H,7-8H2,1-2H3. The molecule has 3 aromatic rings. The molecular formula is C14H14N4O2S3. The van der Waals surface area contributed by atoms with Crippen molar-refractivity contribution < 1.29 is 9.15 Å². The highest BCUT2D eigenvalue weighted by Crippen LogP contribution is 2.32. The van der Waals surface area contributed by atoms with E-state index in [0.717, 1.165) is 20.2 Å². The zero-order chi connectivity index (χ0) is 16.1. The van der Waals surface area contributed by atoms with E-state index in [-0.39, 0.29) is 0 Å². The van der Waals surface area contributed by atoms with Gasteiger partial charge in [-0.1, -0.05) is 47.0 Å². The fourth-order valence-corrected chi connectivity index (χ4v) is 4.51. The molecule has 0 atom stereocenters. The van der Waals surface area contributed by atoms with Crippen LogP contribution < -0.4 is 4.74 Å². The summed E-state index contributed by atoms with van der Waals surface area (Å²) in [6.07, 6.45) is 0. The van der Waals surface area contributed by atoms with Gasteiger partial charge in [-0.15, -0.1) is 20.4 Å². The number of thioether (sulfide) groups is 2. The second kappa shape index (κ2) is 7.80. The third-order valence-corrected chi connectivity index (χ3v) is 6.04. The molecule has 6 nitrogen and oxygen atoms in total. The van der Waals surface area contributed by atoms with E-state index in [1.165, 1.54) is 5.56 Å². The molecule has 1 aromatic carbocycles. The van der Waals surface area contributed by atoms with E-state index < -0.39 is 0 Å². The lowest BCUT2D eigenvalue weighted by molar-refractivity contribution is 0.414. The molecule has 2 aromatic heterocycles. The molecule has 0 aliphatic rings. The van der Waals surface area contributed by atoms with Crippen molar-refractivity contribution in [3.05, 3.63) is 41.6 Å². The number of ether oxygens (including phenoxy) is 1. The molecule has 23 heavy (non-hydrogen) atoms. The molecule has 0 saturated heterocycles. The van der Waals surface area contributed by atoms with Gasteiger partial charge >= 0.3 is 0 Å². The zero-order valence-corrected chi connectivity index (χ0v) is 15.0. The summed E-state index contributed by atoms with van der Waals surface area (Å²) < 4.78 is 12.3. The molecule has 0 aliphatic heterocycles. The fourth-order valence-electron chi connectivity index (χ4n) is 1.70. The predicted molar refractivity (Wildman–Crippen MR) is 91.1 cm³/mol. The van der Waals surface area contributed by atoms with Gasteiger partial charge in [0, 0.05) is 12.7 Å². The van der Waals surface area contributed by atoms with Gasteiger partial charge in [0.25, 0.3) is 0 Å². The van der Waals surface area contributed by atoms with Gasteiger partial charge in [-0.25, -0.2) is 0 Å². The number of hydrogen-bond acceptors (Lipinski definition) is 9. The average Bonchev–Trinajstić information content (AvgIpc) is 3.20. The van der Waals surface area contributed by atoms with E-state index in [9.17, 15) is 0 Å². The lowest BCUT2D eigenvalue weighted by atomic mass is 10.2. The number of methoxy groups -OCH3 is 1. The van der Waals surface area contributed by atoms with Crippen LogP contribution >= 0.6 is 34.9 Å². The van der Waals surface area contributed by atoms with Crippen LogP contribution in [0.1, 0.15) is 17.3 Å². The lowest BCUT2D eigenvalue weighted by Gasteiger charge is -2.01. The molecule has 0 radical (unpaired) electrons. The third-order valence-electron chi connectivity index (χ3n) is 2.80. The van der Waals surface area contributed by atoms with Crippen LogP contribution in [0.2, 0.25) is 0 Å². The van der Waals surface area contributed by atoms with E-state index in [4.69, 9.17) is 9.15 Å². The van der Waals surface area contributed by atoms with E-state index in [1.807, 2.05) is 12.1 Å². The summed E-state index contributed by atoms with van der Waals surface area (Å²) in [5.41, 5.74) is 1.22. The SMILES string of the molecule is COc1ccc(CSc2nnc(SCc3nnc(C)o3)s2)cc1. The molecule has 2 heterocycles. The number of aryl methyl sites for hydroxylation is 1. The Morgan fingerprint density at radius 3 is 2.30 bits per heavy atom. The Kier molecular flexibility index (Phi) is 5.52. The largest absolute Gasteiger partial charge is 0.497 e. The van der Waals surface area contributed by atoms with Crippen LogP contribution in [0.5, 0.6) is 5.75 Å². The van der Waals surface area contributed by atoms with Gasteiger partial charge < -0.3 is 9.15 Å². The van der Waals surface area contributed by atoms with Crippen LogP contribution in [0.15, 0.2) is 37.4 Å². The Bertz CT molecular complexity index is 757. The van der Waals surface area contributed by atoms with Gasteiger partial charge in [0.2, 0.25) is 11.8 Å². The van der Waals surface area contributed by atoms with Crippen molar-refractivity contribution in [2.75, 3.05) is 7.11 Å². The maximum atomic E-state index is 5.33. The Morgan fingerprint density at radius 2 is 1.70 bits per heavy atom. The first-order valence-corrected chi connectivity index (χ1v) is 9.53. The number of aromatic nitrogens is 4. The first kappa shape index (κ1) is 16.3. The fraction of sp³-hybridized carbons (Fsp3) is 0.286. The minimum Gasteiger partial charge on any atom is -0.497 e. The predicted octanol–water partition coefficient (Wildman–Crippen LogP) is 3.82. The topological polar surface area (TPSA) is 73.9 Å². The molecule has 0 N–H and O–H groups in total. The summed E-state index contributed by atoms with van der Waals surface area (Å²) in [5.74, 6) is 3.51. The van der Waals surface area contributed by atoms with Gasteiger partial charge in [0.1, 0.15) is 5.75 Å². The molecule has 0 bridgehead atoms. The molecule has 0 amide bonds. The monoisotopic (exact) mass is 366 g/mol. The molecule has 0 fully saturated rings. The quantitative estimate of drug-likeness (QED) is 0.584. The first-order chi connectivity index (χ1) is 11.2. The number of benzene rings is 1. The summed E-state index contributed by atoms with van der Waals surface area (Å²) in [6, 6.07) is 8.04. The molecule has 0 spiro atoms. The highest BCUT2D eigenvalue weighted by Gasteiger charge is 2.09. The highest BCUT2D eigenvalue weighted by atomic mass is 32.2. The van der Waals surface area contributed by atoms with Crippen LogP contribution in [0.4, 0.5) is 0 Å². The molecule has 3 rings (SSSR count). The van der Waals surface area contributed by atoms with Gasteiger partial charge in [-0.05, 0) is 17.7 Å². The molecule has 9 heteroatoms. The summed E-state index contributed by atoms with van der Waals surface area (Å²) in [6.45, 7) is 1.78. The Morgan fingerprint density at radius 1 is 1.00 bits per heavy atom. The van der Waals surface area contributed by atoms with E-state index >= 15 is 0 Å². The van der Waals surface area contributed by atoms with Gasteiger partial charge in [0.05, 0.1) is 12.9 Å². The highest BCUT2D eigenvalue weighted by molar-refractivity contribution is 8.02. The van der Waals surface area contributed by atoms with E-state index in [1.54, 1.807) is 48.9 Å². The van der Waals surface area contributed by atoms with Crippen molar-refractivity contribution in [3.8, 4) is 5.75 Å². The van der Waals surface area contributed by atoms with Crippen molar-refractivity contribution in [2.24, 2.45) is 0 Å². The minimum atomic E-state index is 0.577. The van der Waals surface area contributed by atoms with E-state index in [0.29, 0.717) is 17.5 Å². The van der Waals surface area contributed by atoms with Crippen molar-refractivity contribution in [2.45, 2.75) is 27.1 Å². The Hall–Kier alpha value is -1.58. The van der Waals surface area contributed by atoms with Crippen LogP contribution in [0, 0.1) is 6.92 Å². The van der Waals surface area contributed by atoms with Gasteiger partial charge in [0.15, 0.2) is 8.68 Å². The summed E-state index contributed by atoms with van der Waals surface area (Å²) in [4.78, 5) is 0. The molecule has 0 saturated carbocycles. The first-order valence-electron chi connectivity index (χ1n) is 6.74. The molecule has 120 valence electrons. The lowest BCUT2D eigenvalue weighted by Crippen LogP contribution is -1.84. The zero-order valence-electron chi connectivity index (χ0n) is 12.6. The number of hydrogen-bond donors (Lipinski definition) is 0. The summed E-state index contributed by atoms with van der Waals surface area (Å²) >= 11 is 4.80. The van der Waals surface area contributed by atoms with Crippen LogP contribution in [-0.4, -0.2) is 27.5 Å². The van der Waals surface area contributed by atoms with Crippen molar-refractivity contribution in [1.82, 2.24) is 20.4 Å². The number of rotatable bonds is 7. The average molecular weight is 366 g/mol. The van der Waals surface area contributed by atoms with Crippen molar-refractivity contribution >= 4 is 34.9 Å². The molecule has 0 aliphatic carbocycles. The number of nitrogens with zero attached hydrogens (tertiary/aromatic N) is 4. The van der Waals surface area contributed by atoms with Crippen LogP contribution in [0.3, 0.4) is 0 Å². The summed E-state index contributed by atoms with van der Waals surface area (Å²) in [5, 5.41) is 16.1. The van der Waals surface area contributed by atoms with Crippen LogP contribution in [0.25, 0.3) is 0 Å². The second-order valence-corrected chi connectivity index (χ2v) is 7.90. The second-order valence-electron chi connectivity index (χ2n) is 4.47. The Balaban J connectivity index is 1.50. The maximum Gasteiger partial charge on any atom is 0.226 e. The Labute approximate surface area is 146 Å². The van der Waals surface area contributed by atoms with Gasteiger partial charge in [-0.2, -0.15) is 0 Å².